The van der Waals surface area contributed by atoms with Crippen molar-refractivity contribution in [3.63, 3.8) is 0 Å². The number of nitriles is 1. The molecular weight excluding hydrogens is 1030 g/mol. The molecule has 0 fully saturated rings. The monoisotopic (exact) mass is 1070 g/mol. The normalized spacial score (nSPS) is 9.73. The summed E-state index contributed by atoms with van der Waals surface area (Å²) in [6.45, 7) is 30.5. The molecule has 0 aliphatic carbocycles. The van der Waals surface area contributed by atoms with Gasteiger partial charge < -0.3 is 45.6 Å². The molecular formula is C50H48BrLiN14O9. The summed E-state index contributed by atoms with van der Waals surface area (Å²) in [6, 6.07) is 16.4. The van der Waals surface area contributed by atoms with Crippen molar-refractivity contribution in [1.82, 2.24) is 37.5 Å². The summed E-state index contributed by atoms with van der Waals surface area (Å²) in [5.41, 5.74) is 8.81. The Bertz CT molecular complexity index is 3390. The molecule has 0 aromatic carbocycles. The number of nitrogens with zero attached hydrogens (tertiary/aromatic N) is 13. The molecule has 0 atom stereocenters. The van der Waals surface area contributed by atoms with Crippen LogP contribution in [0.4, 0.5) is 0 Å². The number of esters is 3. The molecule has 8 aromatic heterocycles. The first kappa shape index (κ1) is 62.2. The van der Waals surface area contributed by atoms with E-state index in [-0.39, 0.29) is 36.5 Å². The SMILES string of the molecule is C=CC#N.CCOC(=O)c1cnc2ccc(Br)cn12.N[N-]O.[C-]#[N+]/C=C/c1ccc2ncc(C(=O)OCC)n2c1.[C-]#[N+]CCc1ccc2ncc(C(=O)O)n2c1.[C-]#[N+]CCc1ccc2ncc(C(=O)OCC)n2c1.[Li+]. The second-order valence-electron chi connectivity index (χ2n) is 14.0. The Kier molecular flexibility index (Phi) is 27.9. The van der Waals surface area contributed by atoms with Gasteiger partial charge in [0, 0.05) is 48.2 Å². The number of ether oxygens (including phenoxy) is 3. The number of hydrogen-bond acceptors (Lipinski definition) is 14. The molecule has 8 aromatic rings. The van der Waals surface area contributed by atoms with Gasteiger partial charge in [0.05, 0.1) is 57.2 Å². The van der Waals surface area contributed by atoms with Gasteiger partial charge in [-0.2, -0.15) is 5.26 Å². The summed E-state index contributed by atoms with van der Waals surface area (Å²) in [4.78, 5) is 71.9. The fraction of sp³-hybridized carbons (Fsp3) is 0.200. The first-order valence-electron chi connectivity index (χ1n) is 21.8. The van der Waals surface area contributed by atoms with Crippen molar-refractivity contribution < 1.29 is 62.6 Å². The minimum absolute atomic E-state index is 0. The maximum absolute atomic E-state index is 11.7. The number of rotatable bonds is 12. The van der Waals surface area contributed by atoms with Crippen molar-refractivity contribution in [3.8, 4) is 6.07 Å². The van der Waals surface area contributed by atoms with Crippen LogP contribution in [0.15, 0.2) is 121 Å². The number of nitrogens with two attached hydrogens (primary N) is 1. The van der Waals surface area contributed by atoms with E-state index in [1.807, 2.05) is 48.2 Å². The van der Waals surface area contributed by atoms with Crippen LogP contribution in [0.25, 0.3) is 48.8 Å². The van der Waals surface area contributed by atoms with Crippen LogP contribution in [0.3, 0.4) is 0 Å². The van der Waals surface area contributed by atoms with E-state index in [1.54, 1.807) is 76.8 Å². The van der Waals surface area contributed by atoms with Gasteiger partial charge in [-0.05, 0) is 83.7 Å². The van der Waals surface area contributed by atoms with Crippen molar-refractivity contribution in [2.75, 3.05) is 32.9 Å². The number of carbonyl (C=O) groups is 4. The largest absolute Gasteiger partial charge is 1.00 e. The quantitative estimate of drug-likeness (QED) is 0.0260. The first-order valence-corrected chi connectivity index (χ1v) is 22.6. The number of pyridine rings is 4. The van der Waals surface area contributed by atoms with Gasteiger partial charge in [-0.3, -0.25) is 17.6 Å². The van der Waals surface area contributed by atoms with Gasteiger partial charge in [-0.25, -0.2) is 57.1 Å². The van der Waals surface area contributed by atoms with E-state index in [2.05, 4.69) is 62.8 Å². The molecule has 4 N–H and O–H groups in total. The smallest absolute Gasteiger partial charge is 0.488 e. The van der Waals surface area contributed by atoms with Crippen LogP contribution in [0.1, 0.15) is 79.4 Å². The van der Waals surface area contributed by atoms with Crippen LogP contribution in [0.2, 0.25) is 0 Å². The maximum atomic E-state index is 11.7. The summed E-state index contributed by atoms with van der Waals surface area (Å²) in [6.07, 6.45) is 18.4. The number of carbonyl (C=O) groups excluding carboxylic acids is 3. The summed E-state index contributed by atoms with van der Waals surface area (Å²) in [7, 11) is 0. The Morgan fingerprint density at radius 1 is 0.693 bits per heavy atom. The third-order valence-electron chi connectivity index (χ3n) is 9.26. The number of carboxylic acid groups (broad SMARTS) is 1. The number of halogens is 1. The number of aromatic carboxylic acids is 1. The predicted molar refractivity (Wildman–Crippen MR) is 274 cm³/mol. The van der Waals surface area contributed by atoms with E-state index in [0.717, 1.165) is 26.8 Å². The van der Waals surface area contributed by atoms with Gasteiger partial charge in [0.1, 0.15) is 22.6 Å². The summed E-state index contributed by atoms with van der Waals surface area (Å²) in [5, 5.41) is 23.4. The zero-order valence-corrected chi connectivity index (χ0v) is 42.7. The first-order chi connectivity index (χ1) is 35.8. The Morgan fingerprint density at radius 2 is 1.05 bits per heavy atom. The third kappa shape index (κ3) is 18.9. The van der Waals surface area contributed by atoms with Crippen LogP contribution in [-0.4, -0.2) is 105 Å². The van der Waals surface area contributed by atoms with Crippen molar-refractivity contribution >= 4 is 68.5 Å². The minimum atomic E-state index is -1.00. The van der Waals surface area contributed by atoms with Gasteiger partial charge in [-0.15, -0.1) is 0 Å². The molecule has 0 saturated carbocycles. The van der Waals surface area contributed by atoms with E-state index >= 15 is 0 Å². The molecule has 75 heavy (non-hydrogen) atoms. The Balaban J connectivity index is 0.000000327. The Morgan fingerprint density at radius 3 is 1.43 bits per heavy atom. The number of imidazole rings is 4. The molecule has 0 unspecified atom stereocenters. The van der Waals surface area contributed by atoms with Gasteiger partial charge >= 0.3 is 42.7 Å². The standard InChI is InChI=1S/C13H13N3O2.C13H11N3O2.C11H9N3O2.C10H9BrN2O2.C3H3N.Li.H3N2O/c2*1-3-18-13(17)11-8-15-12-5-4-10(6-7-14-2)9-16(11)12;1-12-5-4-8-2-3-10-13-6-9(11(15)16)14(10)7-8;1-2-15-10(14)8-5-12-9-4-3-7(11)6-13(8)9;1-2-3-4;;1-2-3/h4-5,8-9H,3,6-7H2,1H3;4-9H,3H2,1H3;2-3,6-7H,4-5H2,(H,15,16);3-6H,2H2,1H3;2H,1H2;;3H,1H2/q;;;;;+1;-1/b;7-6+;;;;;. The topological polar surface area (TPSA) is 283 Å². The molecule has 0 spiro atoms. The molecule has 0 aliphatic heterocycles. The summed E-state index contributed by atoms with van der Waals surface area (Å²) in [5.74, 6) is 1.88. The molecule has 0 amide bonds. The second-order valence-corrected chi connectivity index (χ2v) is 14.9. The molecule has 380 valence electrons. The third-order valence-corrected chi connectivity index (χ3v) is 9.73. The van der Waals surface area contributed by atoms with Crippen LogP contribution >= 0.6 is 15.9 Å². The summed E-state index contributed by atoms with van der Waals surface area (Å²) >= 11 is 3.34. The number of carboxylic acids is 1. The van der Waals surface area contributed by atoms with Crippen molar-refractivity contribution in [1.29, 1.82) is 5.26 Å². The molecule has 0 radical (unpaired) electrons. The van der Waals surface area contributed by atoms with E-state index in [9.17, 15) is 19.2 Å². The maximum Gasteiger partial charge on any atom is 1.00 e. The van der Waals surface area contributed by atoms with Crippen molar-refractivity contribution in [3.05, 3.63) is 201 Å². The van der Waals surface area contributed by atoms with E-state index in [1.165, 1.54) is 41.5 Å². The van der Waals surface area contributed by atoms with Crippen LogP contribution in [0.5, 0.6) is 0 Å². The molecule has 8 heterocycles. The zero-order valence-electron chi connectivity index (χ0n) is 41.1. The average Bonchev–Trinajstić information content (AvgIpc) is 4.23. The predicted octanol–water partition coefficient (Wildman–Crippen LogP) is 5.46. The number of allylic oxidation sites excluding steroid dienone is 1. The number of hydrogen-bond donors (Lipinski definition) is 3. The number of aromatic nitrogens is 8. The molecule has 25 heteroatoms. The molecule has 0 saturated heterocycles. The van der Waals surface area contributed by atoms with Crippen LogP contribution in [-0.2, 0) is 27.1 Å². The van der Waals surface area contributed by atoms with Gasteiger partial charge in [0.15, 0.2) is 29.0 Å². The molecule has 8 rings (SSSR count). The van der Waals surface area contributed by atoms with Gasteiger partial charge in [-0.1, -0.05) is 30.9 Å². The van der Waals surface area contributed by atoms with Crippen molar-refractivity contribution in [2.45, 2.75) is 33.6 Å². The second kappa shape index (κ2) is 33.6. The average molecular weight is 1080 g/mol. The van der Waals surface area contributed by atoms with Crippen LogP contribution in [0, 0.1) is 31.0 Å². The van der Waals surface area contributed by atoms with E-state index < -0.39 is 11.9 Å². The fourth-order valence-corrected chi connectivity index (χ4v) is 6.45. The minimum Gasteiger partial charge on any atom is -0.488 e. The zero-order chi connectivity index (χ0) is 54.4. The number of fused-ring (bicyclic) bond motifs is 4. The van der Waals surface area contributed by atoms with Gasteiger partial charge in [0.25, 0.3) is 0 Å². The molecule has 0 bridgehead atoms. The van der Waals surface area contributed by atoms with E-state index in [0.29, 0.717) is 79.8 Å². The summed E-state index contributed by atoms with van der Waals surface area (Å²) < 4.78 is 22.3. The van der Waals surface area contributed by atoms with Crippen molar-refractivity contribution in [2.24, 2.45) is 5.84 Å². The van der Waals surface area contributed by atoms with E-state index in [4.69, 9.17) is 49.5 Å². The molecule has 0 aliphatic rings. The molecule has 23 nitrogen and oxygen atoms in total. The fourth-order valence-electron chi connectivity index (χ4n) is 6.11. The Hall–Kier alpha value is -8.96. The van der Waals surface area contributed by atoms with Gasteiger partial charge in [0.2, 0.25) is 13.1 Å². The Labute approximate surface area is 450 Å². The van der Waals surface area contributed by atoms with Crippen LogP contribution < -0.4 is 24.7 Å².